The molecule has 1 aliphatic rings. The zero-order valence-corrected chi connectivity index (χ0v) is 16.9. The molecule has 6 heteroatoms. The highest BCUT2D eigenvalue weighted by atomic mass is 32.1. The van der Waals surface area contributed by atoms with Gasteiger partial charge in [0.1, 0.15) is 5.01 Å². The molecule has 0 bridgehead atoms. The van der Waals surface area contributed by atoms with Crippen molar-refractivity contribution in [2.45, 2.75) is 52.5 Å². The zero-order chi connectivity index (χ0) is 18.4. The number of hydrogen-bond donors (Lipinski definition) is 1. The largest absolute Gasteiger partial charge is 0.357 e. The number of rotatable bonds is 6. The van der Waals surface area contributed by atoms with Gasteiger partial charge in [-0.2, -0.15) is 0 Å². The van der Waals surface area contributed by atoms with Gasteiger partial charge in [0.15, 0.2) is 5.96 Å². The highest BCUT2D eigenvalue weighted by Crippen LogP contribution is 2.27. The van der Waals surface area contributed by atoms with Crippen LogP contribution in [0.3, 0.4) is 0 Å². The standard InChI is InChI=1S/C20H29N5S/c1-4-22-20(23-12-10-16-9-11-21-13-15(16)2)25(3)14-19-24-17-7-5-6-8-18(17)26-19/h9,11,13H,4-8,10,12,14H2,1-3H3,(H,22,23). The van der Waals surface area contributed by atoms with Crippen molar-refractivity contribution >= 4 is 17.3 Å². The van der Waals surface area contributed by atoms with Crippen LogP contribution in [0.25, 0.3) is 0 Å². The summed E-state index contributed by atoms with van der Waals surface area (Å²) < 4.78 is 0. The second-order valence-electron chi connectivity index (χ2n) is 6.83. The molecule has 140 valence electrons. The molecular weight excluding hydrogens is 342 g/mol. The molecule has 0 atom stereocenters. The number of guanidine groups is 1. The van der Waals surface area contributed by atoms with Gasteiger partial charge in [0.2, 0.25) is 0 Å². The molecule has 2 aromatic rings. The van der Waals surface area contributed by atoms with Crippen molar-refractivity contribution in [3.05, 3.63) is 45.2 Å². The summed E-state index contributed by atoms with van der Waals surface area (Å²) in [4.78, 5) is 17.5. The number of fused-ring (bicyclic) bond motifs is 1. The highest BCUT2D eigenvalue weighted by Gasteiger charge is 2.16. The van der Waals surface area contributed by atoms with Crippen LogP contribution in [0.15, 0.2) is 23.5 Å². The number of nitrogens with one attached hydrogen (secondary N) is 1. The van der Waals surface area contributed by atoms with Crippen LogP contribution in [-0.2, 0) is 25.8 Å². The quantitative estimate of drug-likeness (QED) is 0.625. The van der Waals surface area contributed by atoms with E-state index in [0.717, 1.165) is 38.4 Å². The summed E-state index contributed by atoms with van der Waals surface area (Å²) in [5, 5.41) is 4.61. The summed E-state index contributed by atoms with van der Waals surface area (Å²) in [5.41, 5.74) is 3.88. The van der Waals surface area contributed by atoms with Gasteiger partial charge < -0.3 is 10.2 Å². The van der Waals surface area contributed by atoms with Crippen LogP contribution in [0.5, 0.6) is 0 Å². The lowest BCUT2D eigenvalue weighted by Gasteiger charge is -2.21. The molecule has 3 rings (SSSR count). The molecule has 0 aromatic carbocycles. The molecule has 0 amide bonds. The van der Waals surface area contributed by atoms with Crippen molar-refractivity contribution in [1.82, 2.24) is 20.2 Å². The molecule has 0 saturated heterocycles. The molecule has 2 aromatic heterocycles. The molecule has 2 heterocycles. The number of aryl methyl sites for hydroxylation is 3. The van der Waals surface area contributed by atoms with E-state index < -0.39 is 0 Å². The minimum Gasteiger partial charge on any atom is -0.357 e. The number of thiazole rings is 1. The molecule has 0 spiro atoms. The summed E-state index contributed by atoms with van der Waals surface area (Å²) in [6, 6.07) is 2.08. The molecule has 1 N–H and O–H groups in total. The fourth-order valence-corrected chi connectivity index (χ4v) is 4.50. The minimum absolute atomic E-state index is 0.770. The summed E-state index contributed by atoms with van der Waals surface area (Å²) in [5.74, 6) is 0.951. The predicted molar refractivity (Wildman–Crippen MR) is 109 cm³/mol. The Kier molecular flexibility index (Phi) is 6.61. The third kappa shape index (κ3) is 4.81. The first-order chi connectivity index (χ1) is 12.7. The Morgan fingerprint density at radius 1 is 1.35 bits per heavy atom. The molecule has 0 fully saturated rings. The van der Waals surface area contributed by atoms with Crippen LogP contribution in [-0.4, -0.2) is 41.0 Å². The number of nitrogens with zero attached hydrogens (tertiary/aromatic N) is 4. The van der Waals surface area contributed by atoms with E-state index in [2.05, 4.69) is 42.2 Å². The van der Waals surface area contributed by atoms with Crippen molar-refractivity contribution in [3.63, 3.8) is 0 Å². The van der Waals surface area contributed by atoms with Gasteiger partial charge in [-0.05, 0) is 63.1 Å². The van der Waals surface area contributed by atoms with E-state index >= 15 is 0 Å². The van der Waals surface area contributed by atoms with Crippen molar-refractivity contribution < 1.29 is 0 Å². The third-order valence-corrected chi connectivity index (χ3v) is 5.88. The van der Waals surface area contributed by atoms with Crippen molar-refractivity contribution in [3.8, 4) is 0 Å². The Morgan fingerprint density at radius 3 is 2.96 bits per heavy atom. The van der Waals surface area contributed by atoms with E-state index in [1.165, 1.54) is 46.0 Å². The topological polar surface area (TPSA) is 53.4 Å². The Morgan fingerprint density at radius 2 is 2.19 bits per heavy atom. The second-order valence-corrected chi connectivity index (χ2v) is 8.00. The van der Waals surface area contributed by atoms with Gasteiger partial charge in [-0.1, -0.05) is 0 Å². The molecule has 0 radical (unpaired) electrons. The van der Waals surface area contributed by atoms with E-state index in [0.29, 0.717) is 0 Å². The predicted octanol–water partition coefficient (Wildman–Crippen LogP) is 3.37. The molecule has 0 aliphatic heterocycles. The number of aliphatic imine (C=N–C) groups is 1. The van der Waals surface area contributed by atoms with Crippen LogP contribution in [0.4, 0.5) is 0 Å². The number of hydrogen-bond acceptors (Lipinski definition) is 4. The Bertz CT molecular complexity index is 729. The normalized spacial score (nSPS) is 14.2. The summed E-state index contributed by atoms with van der Waals surface area (Å²) in [6.45, 7) is 6.67. The molecule has 26 heavy (non-hydrogen) atoms. The van der Waals surface area contributed by atoms with E-state index in [4.69, 9.17) is 9.98 Å². The Balaban J connectivity index is 1.62. The van der Waals surface area contributed by atoms with Gasteiger partial charge >= 0.3 is 0 Å². The fourth-order valence-electron chi connectivity index (χ4n) is 3.29. The summed E-state index contributed by atoms with van der Waals surface area (Å²) in [7, 11) is 2.10. The van der Waals surface area contributed by atoms with Gasteiger partial charge in [-0.3, -0.25) is 9.98 Å². The maximum atomic E-state index is 4.86. The van der Waals surface area contributed by atoms with Crippen LogP contribution in [0.2, 0.25) is 0 Å². The smallest absolute Gasteiger partial charge is 0.194 e. The second kappa shape index (κ2) is 9.12. The average Bonchev–Trinajstić information content (AvgIpc) is 3.04. The van der Waals surface area contributed by atoms with E-state index in [-0.39, 0.29) is 0 Å². The fraction of sp³-hybridized carbons (Fsp3) is 0.550. The first kappa shape index (κ1) is 18.8. The first-order valence-electron chi connectivity index (χ1n) is 9.53. The van der Waals surface area contributed by atoms with Gasteiger partial charge in [0, 0.05) is 37.4 Å². The van der Waals surface area contributed by atoms with E-state index in [1.807, 2.05) is 23.7 Å². The molecule has 0 unspecified atom stereocenters. The SMILES string of the molecule is CCNC(=NCCc1ccncc1C)N(C)Cc1nc2c(s1)CCCC2. The molecule has 1 aliphatic carbocycles. The van der Waals surface area contributed by atoms with Crippen LogP contribution in [0.1, 0.15) is 46.5 Å². The molecule has 5 nitrogen and oxygen atoms in total. The van der Waals surface area contributed by atoms with Crippen LogP contribution < -0.4 is 5.32 Å². The Labute approximate surface area is 160 Å². The number of pyridine rings is 1. The van der Waals surface area contributed by atoms with E-state index in [1.54, 1.807) is 0 Å². The van der Waals surface area contributed by atoms with Crippen LogP contribution >= 0.6 is 11.3 Å². The minimum atomic E-state index is 0.770. The number of aromatic nitrogens is 2. The molecule has 0 saturated carbocycles. The first-order valence-corrected chi connectivity index (χ1v) is 10.4. The highest BCUT2D eigenvalue weighted by molar-refractivity contribution is 7.11. The monoisotopic (exact) mass is 371 g/mol. The van der Waals surface area contributed by atoms with Crippen LogP contribution in [0, 0.1) is 6.92 Å². The maximum Gasteiger partial charge on any atom is 0.194 e. The maximum absolute atomic E-state index is 4.86. The van der Waals surface area contributed by atoms with Crippen molar-refractivity contribution in [2.75, 3.05) is 20.1 Å². The average molecular weight is 372 g/mol. The van der Waals surface area contributed by atoms with Gasteiger partial charge in [0.05, 0.1) is 12.2 Å². The lowest BCUT2D eigenvalue weighted by molar-refractivity contribution is 0.475. The zero-order valence-electron chi connectivity index (χ0n) is 16.1. The lowest BCUT2D eigenvalue weighted by Crippen LogP contribution is -2.38. The molecular formula is C20H29N5S. The van der Waals surface area contributed by atoms with Gasteiger partial charge in [0.25, 0.3) is 0 Å². The Hall–Kier alpha value is -1.95. The third-order valence-electron chi connectivity index (χ3n) is 4.74. The summed E-state index contributed by atoms with van der Waals surface area (Å²) in [6.07, 6.45) is 9.65. The van der Waals surface area contributed by atoms with Crippen molar-refractivity contribution in [1.29, 1.82) is 0 Å². The van der Waals surface area contributed by atoms with E-state index in [9.17, 15) is 0 Å². The summed E-state index contributed by atoms with van der Waals surface area (Å²) >= 11 is 1.88. The lowest BCUT2D eigenvalue weighted by atomic mass is 10.0. The van der Waals surface area contributed by atoms with Crippen molar-refractivity contribution in [2.24, 2.45) is 4.99 Å². The van der Waals surface area contributed by atoms with Gasteiger partial charge in [-0.25, -0.2) is 4.98 Å². The van der Waals surface area contributed by atoms with Gasteiger partial charge in [-0.15, -0.1) is 11.3 Å².